The third kappa shape index (κ3) is 41.0. The third-order valence-electron chi connectivity index (χ3n) is 12.7. The van der Waals surface area contributed by atoms with Crippen molar-refractivity contribution in [3.63, 3.8) is 0 Å². The SMILES string of the molecule is CCCCCCCCCCCCCCCCCCN(CCCCCCCCCCCCCCCCCC)C(=O)CC[C@H](NC(=O)[C@H](CCCNCCCN)NCCCN)C(=O)O. The van der Waals surface area contributed by atoms with E-state index in [0.29, 0.717) is 26.1 Å². The molecule has 0 radical (unpaired) electrons. The van der Waals surface area contributed by atoms with Gasteiger partial charge in [0.05, 0.1) is 6.04 Å². The average Bonchev–Trinajstić information content (AvgIpc) is 3.26. The van der Waals surface area contributed by atoms with Crippen molar-refractivity contribution in [2.75, 3.05) is 45.8 Å². The summed E-state index contributed by atoms with van der Waals surface area (Å²) in [5.74, 6) is -1.42. The zero-order chi connectivity index (χ0) is 45.4. The third-order valence-corrected chi connectivity index (χ3v) is 12.7. The number of nitrogens with zero attached hydrogens (tertiary/aromatic N) is 1. The van der Waals surface area contributed by atoms with Gasteiger partial charge in [0, 0.05) is 19.5 Å². The number of aliphatic carboxylic acids is 1. The monoisotopic (exact) mass is 879 g/mol. The summed E-state index contributed by atoms with van der Waals surface area (Å²) in [6.45, 7) is 9.33. The number of carbonyl (C=O) groups is 3. The Morgan fingerprint density at radius 1 is 0.452 bits per heavy atom. The second-order valence-corrected chi connectivity index (χ2v) is 18.6. The molecule has 0 bridgehead atoms. The molecule has 0 rings (SSSR count). The summed E-state index contributed by atoms with van der Waals surface area (Å²) in [5.41, 5.74) is 11.3. The van der Waals surface area contributed by atoms with Gasteiger partial charge in [-0.2, -0.15) is 0 Å². The molecule has 0 unspecified atom stereocenters. The van der Waals surface area contributed by atoms with E-state index in [2.05, 4.69) is 29.8 Å². The normalized spacial score (nSPS) is 12.5. The first-order valence-corrected chi connectivity index (χ1v) is 27.1. The van der Waals surface area contributed by atoms with E-state index < -0.39 is 18.1 Å². The van der Waals surface area contributed by atoms with Crippen molar-refractivity contribution in [2.45, 2.75) is 270 Å². The summed E-state index contributed by atoms with van der Waals surface area (Å²) >= 11 is 0. The number of carboxylic acids is 1. The second-order valence-electron chi connectivity index (χ2n) is 18.6. The van der Waals surface area contributed by atoms with E-state index in [1.165, 1.54) is 180 Å². The molecule has 62 heavy (non-hydrogen) atoms. The molecule has 10 heteroatoms. The fraction of sp³-hybridized carbons (Fsp3) is 0.942. The van der Waals surface area contributed by atoms with E-state index in [4.69, 9.17) is 11.5 Å². The van der Waals surface area contributed by atoms with Crippen LogP contribution in [-0.2, 0) is 14.4 Å². The van der Waals surface area contributed by atoms with Crippen molar-refractivity contribution in [3.05, 3.63) is 0 Å². The minimum Gasteiger partial charge on any atom is -0.480 e. The Labute approximate surface area is 384 Å². The topological polar surface area (TPSA) is 163 Å². The number of carboxylic acid groups (broad SMARTS) is 1. The molecular formula is C52H106N6O4. The van der Waals surface area contributed by atoms with Gasteiger partial charge < -0.3 is 37.4 Å². The molecule has 10 nitrogen and oxygen atoms in total. The van der Waals surface area contributed by atoms with Gasteiger partial charge in [-0.05, 0) is 77.7 Å². The van der Waals surface area contributed by atoms with E-state index in [1.807, 2.05) is 4.90 Å². The first-order chi connectivity index (χ1) is 30.4. The zero-order valence-corrected chi connectivity index (χ0v) is 41.2. The summed E-state index contributed by atoms with van der Waals surface area (Å²) < 4.78 is 0. The molecule has 0 saturated carbocycles. The maximum Gasteiger partial charge on any atom is 0.326 e. The Morgan fingerprint density at radius 2 is 0.806 bits per heavy atom. The van der Waals surface area contributed by atoms with Gasteiger partial charge >= 0.3 is 5.97 Å². The van der Waals surface area contributed by atoms with Crippen LogP contribution in [0.15, 0.2) is 0 Å². The summed E-state index contributed by atoms with van der Waals surface area (Å²) in [4.78, 5) is 41.4. The lowest BCUT2D eigenvalue weighted by Crippen LogP contribution is -2.51. The van der Waals surface area contributed by atoms with Gasteiger partial charge in [-0.1, -0.05) is 206 Å². The molecule has 2 atom stereocenters. The number of unbranched alkanes of at least 4 members (excludes halogenated alkanes) is 30. The molecule has 0 heterocycles. The van der Waals surface area contributed by atoms with Crippen molar-refractivity contribution in [1.29, 1.82) is 0 Å². The number of rotatable bonds is 51. The molecular weight excluding hydrogens is 773 g/mol. The number of hydrogen-bond acceptors (Lipinski definition) is 7. The highest BCUT2D eigenvalue weighted by atomic mass is 16.4. The van der Waals surface area contributed by atoms with Crippen LogP contribution in [0.4, 0.5) is 0 Å². The predicted octanol–water partition coefficient (Wildman–Crippen LogP) is 11.7. The fourth-order valence-electron chi connectivity index (χ4n) is 8.51. The van der Waals surface area contributed by atoms with Crippen LogP contribution in [-0.4, -0.2) is 85.7 Å². The fourth-order valence-corrected chi connectivity index (χ4v) is 8.51. The minimum absolute atomic E-state index is 0.00796. The van der Waals surface area contributed by atoms with Crippen LogP contribution < -0.4 is 27.4 Å². The van der Waals surface area contributed by atoms with E-state index in [0.717, 1.165) is 71.1 Å². The van der Waals surface area contributed by atoms with Gasteiger partial charge in [0.1, 0.15) is 6.04 Å². The molecule has 0 aliphatic rings. The average molecular weight is 879 g/mol. The molecule has 0 aliphatic carbocycles. The molecule has 0 aromatic heterocycles. The highest BCUT2D eigenvalue weighted by Gasteiger charge is 2.26. The molecule has 0 spiro atoms. The van der Waals surface area contributed by atoms with Crippen molar-refractivity contribution in [3.8, 4) is 0 Å². The smallest absolute Gasteiger partial charge is 0.326 e. The van der Waals surface area contributed by atoms with Gasteiger partial charge in [0.25, 0.3) is 0 Å². The van der Waals surface area contributed by atoms with Crippen molar-refractivity contribution >= 4 is 17.8 Å². The molecule has 0 fully saturated rings. The summed E-state index contributed by atoms with van der Waals surface area (Å²) in [5, 5.41) is 19.5. The van der Waals surface area contributed by atoms with Crippen LogP contribution in [0.3, 0.4) is 0 Å². The largest absolute Gasteiger partial charge is 0.480 e. The van der Waals surface area contributed by atoms with E-state index in [1.54, 1.807) is 0 Å². The Kier molecular flexibility index (Phi) is 47.3. The van der Waals surface area contributed by atoms with Crippen LogP contribution in [0.1, 0.15) is 258 Å². The highest BCUT2D eigenvalue weighted by molar-refractivity contribution is 5.87. The Bertz CT molecular complexity index is 936. The molecule has 368 valence electrons. The molecule has 2 amide bonds. The maximum absolute atomic E-state index is 13.7. The van der Waals surface area contributed by atoms with E-state index in [-0.39, 0.29) is 24.7 Å². The summed E-state index contributed by atoms with van der Waals surface area (Å²) in [7, 11) is 0. The highest BCUT2D eigenvalue weighted by Crippen LogP contribution is 2.17. The predicted molar refractivity (Wildman–Crippen MR) is 266 cm³/mol. The quantitative estimate of drug-likeness (QED) is 0.0329. The second kappa shape index (κ2) is 48.7. The summed E-state index contributed by atoms with van der Waals surface area (Å²) in [6, 6.07) is -1.63. The Morgan fingerprint density at radius 3 is 1.18 bits per heavy atom. The van der Waals surface area contributed by atoms with Gasteiger partial charge in [-0.3, -0.25) is 9.59 Å². The Balaban J connectivity index is 4.82. The molecule has 8 N–H and O–H groups in total. The van der Waals surface area contributed by atoms with E-state index >= 15 is 0 Å². The number of carbonyl (C=O) groups excluding carboxylic acids is 2. The van der Waals surface area contributed by atoms with E-state index in [9.17, 15) is 19.5 Å². The van der Waals surface area contributed by atoms with Gasteiger partial charge in [0.2, 0.25) is 11.8 Å². The van der Waals surface area contributed by atoms with Crippen molar-refractivity contribution < 1.29 is 19.5 Å². The molecule has 0 saturated heterocycles. The van der Waals surface area contributed by atoms with Gasteiger partial charge in [-0.25, -0.2) is 4.79 Å². The number of nitrogens with two attached hydrogens (primary N) is 2. The number of nitrogens with one attached hydrogen (secondary N) is 3. The van der Waals surface area contributed by atoms with Gasteiger partial charge in [0.15, 0.2) is 0 Å². The number of amides is 2. The molecule has 0 aliphatic heterocycles. The lowest BCUT2D eigenvalue weighted by Gasteiger charge is -2.25. The standard InChI is InChI=1S/C52H106N6O4/c1-3-5-7-9-11-13-15-17-19-21-23-25-27-29-31-33-46-58(47-34-32-30-28-26-24-22-20-18-16-14-12-10-8-6-4-2)50(59)40-39-49(52(61)62)57-51(60)48(56-45-37-42-54)38-35-43-55-44-36-41-53/h48-49,55-56H,3-47,53-54H2,1-2H3,(H,57,60)(H,61,62)/t48-,49-/m0/s1. The zero-order valence-electron chi connectivity index (χ0n) is 41.2. The first-order valence-electron chi connectivity index (χ1n) is 27.1. The molecule has 0 aromatic carbocycles. The lowest BCUT2D eigenvalue weighted by atomic mass is 10.0. The van der Waals surface area contributed by atoms with Crippen molar-refractivity contribution in [1.82, 2.24) is 20.9 Å². The van der Waals surface area contributed by atoms with Crippen LogP contribution in [0.2, 0.25) is 0 Å². The number of hydrogen-bond donors (Lipinski definition) is 6. The Hall–Kier alpha value is -1.75. The molecule has 0 aromatic rings. The van der Waals surface area contributed by atoms with Crippen LogP contribution >= 0.6 is 0 Å². The van der Waals surface area contributed by atoms with Crippen LogP contribution in [0, 0.1) is 0 Å². The minimum atomic E-state index is -1.11. The lowest BCUT2D eigenvalue weighted by molar-refractivity contribution is -0.142. The maximum atomic E-state index is 13.7. The van der Waals surface area contributed by atoms with Crippen LogP contribution in [0.25, 0.3) is 0 Å². The van der Waals surface area contributed by atoms with Crippen molar-refractivity contribution in [2.24, 2.45) is 11.5 Å². The summed E-state index contributed by atoms with van der Waals surface area (Å²) in [6.07, 6.45) is 45.3. The first kappa shape index (κ1) is 60.2. The van der Waals surface area contributed by atoms with Crippen LogP contribution in [0.5, 0.6) is 0 Å². The van der Waals surface area contributed by atoms with Gasteiger partial charge in [-0.15, -0.1) is 0 Å².